The number of hydrogen-bond acceptors (Lipinski definition) is 4. The lowest BCUT2D eigenvalue weighted by molar-refractivity contribution is -0.157. The number of rotatable bonds is 1. The Labute approximate surface area is 84.6 Å². The number of piperidine rings is 1. The van der Waals surface area contributed by atoms with Crippen molar-refractivity contribution in [1.29, 1.82) is 0 Å². The van der Waals surface area contributed by atoms with Crippen LogP contribution in [0.2, 0.25) is 0 Å². The molecule has 0 aromatic rings. The Morgan fingerprint density at radius 1 is 1.64 bits per heavy atom. The smallest absolute Gasteiger partial charge is 0.313 e. The number of methoxy groups -OCH3 is 1. The van der Waals surface area contributed by atoms with Crippen LogP contribution >= 0.6 is 0 Å². The van der Waals surface area contributed by atoms with Gasteiger partial charge in [0.15, 0.2) is 0 Å². The summed E-state index contributed by atoms with van der Waals surface area (Å²) in [5.74, 6) is 0.398. The number of carbonyl (C=O) groups excluding carboxylic acids is 1. The molecule has 2 saturated heterocycles. The summed E-state index contributed by atoms with van der Waals surface area (Å²) in [6, 6.07) is 0. The van der Waals surface area contributed by atoms with Crippen molar-refractivity contribution >= 4 is 5.97 Å². The fourth-order valence-corrected chi connectivity index (χ4v) is 2.74. The maximum atomic E-state index is 11.8. The summed E-state index contributed by atoms with van der Waals surface area (Å²) in [5.41, 5.74) is -0.235. The molecule has 0 saturated carbocycles. The third-order valence-electron chi connectivity index (χ3n) is 3.68. The normalized spacial score (nSPS) is 38.0. The lowest BCUT2D eigenvalue weighted by Crippen LogP contribution is -2.50. The Balaban J connectivity index is 2.19. The molecule has 2 heterocycles. The van der Waals surface area contributed by atoms with Crippen molar-refractivity contribution in [1.82, 2.24) is 10.2 Å². The van der Waals surface area contributed by atoms with Gasteiger partial charge in [-0.2, -0.15) is 0 Å². The van der Waals surface area contributed by atoms with Crippen molar-refractivity contribution in [2.45, 2.75) is 6.42 Å². The molecule has 0 radical (unpaired) electrons. The van der Waals surface area contributed by atoms with Gasteiger partial charge in [0, 0.05) is 25.6 Å². The number of nitrogens with one attached hydrogen (secondary N) is 1. The first-order valence-electron chi connectivity index (χ1n) is 5.17. The van der Waals surface area contributed by atoms with E-state index in [4.69, 9.17) is 4.74 Å². The highest BCUT2D eigenvalue weighted by Gasteiger charge is 2.51. The highest BCUT2D eigenvalue weighted by atomic mass is 16.5. The van der Waals surface area contributed by atoms with Crippen LogP contribution in [0.1, 0.15) is 6.42 Å². The fourth-order valence-electron chi connectivity index (χ4n) is 2.74. The number of esters is 1. The number of hydrogen-bond donors (Lipinski definition) is 1. The SMILES string of the molecule is COC(=O)[C@]12CCN(C)C[C@@H]1CNC2. The van der Waals surface area contributed by atoms with E-state index in [-0.39, 0.29) is 11.4 Å². The first kappa shape index (κ1) is 9.93. The van der Waals surface area contributed by atoms with Crippen molar-refractivity contribution in [2.24, 2.45) is 11.3 Å². The molecule has 0 unspecified atom stereocenters. The minimum Gasteiger partial charge on any atom is -0.469 e. The van der Waals surface area contributed by atoms with Crippen LogP contribution in [0.3, 0.4) is 0 Å². The van der Waals surface area contributed by atoms with Gasteiger partial charge in [-0.3, -0.25) is 4.79 Å². The number of fused-ring (bicyclic) bond motifs is 1. The van der Waals surface area contributed by atoms with Crippen LogP contribution in [0, 0.1) is 11.3 Å². The van der Waals surface area contributed by atoms with Gasteiger partial charge in [-0.05, 0) is 20.0 Å². The van der Waals surface area contributed by atoms with Gasteiger partial charge in [-0.1, -0.05) is 0 Å². The number of carbonyl (C=O) groups is 1. The van der Waals surface area contributed by atoms with Gasteiger partial charge in [0.2, 0.25) is 0 Å². The van der Waals surface area contributed by atoms with Crippen LogP contribution in [-0.2, 0) is 9.53 Å². The second-order valence-corrected chi connectivity index (χ2v) is 4.49. The Kier molecular flexibility index (Phi) is 2.49. The predicted octanol–water partition coefficient (Wildman–Crippen LogP) is -0.299. The summed E-state index contributed by atoms with van der Waals surface area (Å²) in [4.78, 5) is 14.1. The minimum absolute atomic E-state index is 0.0272. The van der Waals surface area contributed by atoms with E-state index in [0.717, 1.165) is 32.6 Å². The average molecular weight is 198 g/mol. The van der Waals surface area contributed by atoms with Crippen molar-refractivity contribution < 1.29 is 9.53 Å². The predicted molar refractivity (Wildman–Crippen MR) is 52.9 cm³/mol. The van der Waals surface area contributed by atoms with Gasteiger partial charge >= 0.3 is 5.97 Å². The van der Waals surface area contributed by atoms with Crippen molar-refractivity contribution in [2.75, 3.05) is 40.3 Å². The first-order chi connectivity index (χ1) is 6.69. The monoisotopic (exact) mass is 198 g/mol. The quantitative estimate of drug-likeness (QED) is 0.587. The van der Waals surface area contributed by atoms with Gasteiger partial charge < -0.3 is 15.0 Å². The third-order valence-corrected chi connectivity index (χ3v) is 3.68. The molecule has 80 valence electrons. The van der Waals surface area contributed by atoms with Crippen LogP contribution < -0.4 is 5.32 Å². The lowest BCUT2D eigenvalue weighted by Gasteiger charge is -2.39. The van der Waals surface area contributed by atoms with Gasteiger partial charge in [-0.25, -0.2) is 0 Å². The molecule has 0 aliphatic carbocycles. The van der Waals surface area contributed by atoms with Crippen LogP contribution in [0.15, 0.2) is 0 Å². The summed E-state index contributed by atoms with van der Waals surface area (Å²) < 4.78 is 4.93. The molecule has 0 aromatic carbocycles. The van der Waals surface area contributed by atoms with E-state index in [1.54, 1.807) is 0 Å². The molecule has 2 atom stereocenters. The van der Waals surface area contributed by atoms with Crippen LogP contribution in [0.25, 0.3) is 0 Å². The van der Waals surface area contributed by atoms with Gasteiger partial charge in [0.05, 0.1) is 12.5 Å². The molecular weight excluding hydrogens is 180 g/mol. The second-order valence-electron chi connectivity index (χ2n) is 4.49. The Bertz CT molecular complexity index is 244. The number of nitrogens with zero attached hydrogens (tertiary/aromatic N) is 1. The molecule has 0 spiro atoms. The van der Waals surface area contributed by atoms with E-state index in [1.165, 1.54) is 7.11 Å². The molecule has 2 rings (SSSR count). The van der Waals surface area contributed by atoms with E-state index in [9.17, 15) is 4.79 Å². The van der Waals surface area contributed by atoms with E-state index in [2.05, 4.69) is 17.3 Å². The molecule has 4 nitrogen and oxygen atoms in total. The van der Waals surface area contributed by atoms with Gasteiger partial charge in [0.1, 0.15) is 0 Å². The summed E-state index contributed by atoms with van der Waals surface area (Å²) in [7, 11) is 3.60. The third kappa shape index (κ3) is 1.33. The molecule has 0 aromatic heterocycles. The second kappa shape index (κ2) is 3.51. The molecule has 4 heteroatoms. The summed E-state index contributed by atoms with van der Waals surface area (Å²) in [6.45, 7) is 3.73. The van der Waals surface area contributed by atoms with Crippen molar-refractivity contribution in [3.05, 3.63) is 0 Å². The molecule has 2 aliphatic heterocycles. The highest BCUT2D eigenvalue weighted by molar-refractivity contribution is 5.78. The Hall–Kier alpha value is -0.610. The lowest BCUT2D eigenvalue weighted by atomic mass is 9.72. The summed E-state index contributed by atoms with van der Waals surface area (Å²) in [6.07, 6.45) is 0.924. The largest absolute Gasteiger partial charge is 0.469 e. The zero-order chi connectivity index (χ0) is 10.2. The standard InChI is InChI=1S/C10H18N2O2/c1-12-4-3-10(9(13)14-2)7-11-5-8(10)6-12/h8,11H,3-7H2,1-2H3/t8-,10-/m0/s1. The van der Waals surface area contributed by atoms with E-state index >= 15 is 0 Å². The highest BCUT2D eigenvalue weighted by Crippen LogP contribution is 2.39. The molecule has 1 N–H and O–H groups in total. The summed E-state index contributed by atoms with van der Waals surface area (Å²) >= 11 is 0. The zero-order valence-electron chi connectivity index (χ0n) is 8.88. The molecular formula is C10H18N2O2. The minimum atomic E-state index is -0.235. The maximum Gasteiger partial charge on any atom is 0.313 e. The molecule has 14 heavy (non-hydrogen) atoms. The van der Waals surface area contributed by atoms with E-state index in [1.807, 2.05) is 0 Å². The Morgan fingerprint density at radius 2 is 2.43 bits per heavy atom. The molecule has 0 bridgehead atoms. The van der Waals surface area contributed by atoms with Gasteiger partial charge in [-0.15, -0.1) is 0 Å². The molecule has 2 fully saturated rings. The Morgan fingerprint density at radius 3 is 3.14 bits per heavy atom. The van der Waals surface area contributed by atoms with E-state index < -0.39 is 0 Å². The first-order valence-corrected chi connectivity index (χ1v) is 5.17. The summed E-state index contributed by atoms with van der Waals surface area (Å²) in [5, 5.41) is 3.31. The van der Waals surface area contributed by atoms with Crippen LogP contribution in [-0.4, -0.2) is 51.2 Å². The molecule has 0 amide bonds. The average Bonchev–Trinajstić information content (AvgIpc) is 2.60. The maximum absolute atomic E-state index is 11.8. The van der Waals surface area contributed by atoms with Crippen molar-refractivity contribution in [3.8, 4) is 0 Å². The zero-order valence-corrected chi connectivity index (χ0v) is 8.88. The topological polar surface area (TPSA) is 41.6 Å². The van der Waals surface area contributed by atoms with Crippen molar-refractivity contribution in [3.63, 3.8) is 0 Å². The van der Waals surface area contributed by atoms with Crippen LogP contribution in [0.5, 0.6) is 0 Å². The number of ether oxygens (including phenoxy) is 1. The number of likely N-dealkylation sites (tertiary alicyclic amines) is 1. The fraction of sp³-hybridized carbons (Fsp3) is 0.900. The molecule has 2 aliphatic rings. The van der Waals surface area contributed by atoms with Crippen LogP contribution in [0.4, 0.5) is 0 Å². The van der Waals surface area contributed by atoms with Gasteiger partial charge in [0.25, 0.3) is 0 Å². The van der Waals surface area contributed by atoms with E-state index in [0.29, 0.717) is 5.92 Å².